The third kappa shape index (κ3) is 3.19. The Labute approximate surface area is 145 Å². The molecule has 5 heteroatoms. The van der Waals surface area contributed by atoms with Gasteiger partial charge in [0.2, 0.25) is 5.62 Å². The first kappa shape index (κ1) is 16.3. The Bertz CT molecular complexity index is 951. The van der Waals surface area contributed by atoms with Crippen molar-refractivity contribution in [2.45, 2.75) is 13.5 Å². The standard InChI is InChI=1S/C19H18ClN3O/c1-13-6-8-14(9-7-13)18(24)12-23-11-17(22(2)19(23)21)15-4-3-5-16(20)10-15/h3-11,21H,12H2,1-2H3. The van der Waals surface area contributed by atoms with Crippen molar-refractivity contribution in [2.75, 3.05) is 0 Å². The molecule has 0 saturated carbocycles. The molecule has 0 atom stereocenters. The Morgan fingerprint density at radius 3 is 2.54 bits per heavy atom. The van der Waals surface area contributed by atoms with Crippen LogP contribution in [0, 0.1) is 12.3 Å². The van der Waals surface area contributed by atoms with Gasteiger partial charge < -0.3 is 9.13 Å². The van der Waals surface area contributed by atoms with Gasteiger partial charge in [-0.3, -0.25) is 10.2 Å². The third-order valence-electron chi connectivity index (χ3n) is 4.04. The highest BCUT2D eigenvalue weighted by Gasteiger charge is 2.12. The molecule has 122 valence electrons. The molecule has 0 bridgehead atoms. The number of rotatable bonds is 4. The summed E-state index contributed by atoms with van der Waals surface area (Å²) in [6.45, 7) is 2.12. The van der Waals surface area contributed by atoms with E-state index in [1.165, 1.54) is 0 Å². The van der Waals surface area contributed by atoms with Crippen LogP contribution < -0.4 is 5.62 Å². The Kier molecular flexibility index (Phi) is 4.40. The van der Waals surface area contributed by atoms with Crippen LogP contribution in [0.2, 0.25) is 5.02 Å². The van der Waals surface area contributed by atoms with Crippen LogP contribution in [0.1, 0.15) is 15.9 Å². The number of aryl methyl sites for hydroxylation is 1. The van der Waals surface area contributed by atoms with Gasteiger partial charge in [-0.05, 0) is 19.1 Å². The van der Waals surface area contributed by atoms with Gasteiger partial charge in [-0.25, -0.2) is 0 Å². The van der Waals surface area contributed by atoms with Crippen molar-refractivity contribution in [1.82, 2.24) is 9.13 Å². The van der Waals surface area contributed by atoms with Crippen LogP contribution in [0.15, 0.2) is 54.7 Å². The molecule has 0 aliphatic rings. The highest BCUT2D eigenvalue weighted by atomic mass is 35.5. The number of ketones is 1. The van der Waals surface area contributed by atoms with E-state index in [1.54, 1.807) is 9.13 Å². The van der Waals surface area contributed by atoms with Crippen molar-refractivity contribution in [1.29, 1.82) is 5.41 Å². The molecule has 2 aromatic carbocycles. The van der Waals surface area contributed by atoms with Gasteiger partial charge >= 0.3 is 0 Å². The normalized spacial score (nSPS) is 10.8. The van der Waals surface area contributed by atoms with Crippen molar-refractivity contribution in [3.05, 3.63) is 76.5 Å². The fourth-order valence-corrected chi connectivity index (χ4v) is 2.81. The minimum atomic E-state index is -0.0169. The Balaban J connectivity index is 1.92. The molecule has 0 aliphatic heterocycles. The second kappa shape index (κ2) is 6.49. The molecule has 1 heterocycles. The summed E-state index contributed by atoms with van der Waals surface area (Å²) in [4.78, 5) is 12.5. The van der Waals surface area contributed by atoms with E-state index in [0.717, 1.165) is 16.8 Å². The van der Waals surface area contributed by atoms with E-state index < -0.39 is 0 Å². The summed E-state index contributed by atoms with van der Waals surface area (Å²) in [7, 11) is 1.81. The third-order valence-corrected chi connectivity index (χ3v) is 4.27. The number of imidazole rings is 1. The van der Waals surface area contributed by atoms with Crippen molar-refractivity contribution in [3.63, 3.8) is 0 Å². The van der Waals surface area contributed by atoms with Crippen molar-refractivity contribution < 1.29 is 4.79 Å². The summed E-state index contributed by atoms with van der Waals surface area (Å²) in [5, 5.41) is 8.89. The van der Waals surface area contributed by atoms with Gasteiger partial charge in [0.05, 0.1) is 12.2 Å². The van der Waals surface area contributed by atoms with Crippen LogP contribution in [-0.4, -0.2) is 14.9 Å². The van der Waals surface area contributed by atoms with Gasteiger partial charge in [0.25, 0.3) is 0 Å². The monoisotopic (exact) mass is 339 g/mol. The molecule has 4 nitrogen and oxygen atoms in total. The highest BCUT2D eigenvalue weighted by Crippen LogP contribution is 2.21. The first-order valence-corrected chi connectivity index (χ1v) is 8.00. The lowest BCUT2D eigenvalue weighted by atomic mass is 10.1. The Hall–Kier alpha value is -2.59. The smallest absolute Gasteiger partial charge is 0.202 e. The van der Waals surface area contributed by atoms with Crippen LogP contribution in [0.5, 0.6) is 0 Å². The Morgan fingerprint density at radius 1 is 1.17 bits per heavy atom. The second-order valence-electron chi connectivity index (χ2n) is 5.82. The van der Waals surface area contributed by atoms with Gasteiger partial charge in [-0.15, -0.1) is 0 Å². The van der Waals surface area contributed by atoms with E-state index in [2.05, 4.69) is 0 Å². The summed E-state index contributed by atoms with van der Waals surface area (Å²) in [5.41, 5.74) is 3.80. The number of benzene rings is 2. The fraction of sp³-hybridized carbons (Fsp3) is 0.158. The van der Waals surface area contributed by atoms with Crippen molar-refractivity contribution in [3.8, 4) is 11.3 Å². The summed E-state index contributed by atoms with van der Waals surface area (Å²) in [5.74, 6) is -0.0169. The minimum absolute atomic E-state index is 0.0169. The van der Waals surface area contributed by atoms with Crippen molar-refractivity contribution in [2.24, 2.45) is 7.05 Å². The number of carbonyl (C=O) groups is 1. The molecule has 1 aromatic heterocycles. The molecule has 0 radical (unpaired) electrons. The van der Waals surface area contributed by atoms with E-state index >= 15 is 0 Å². The molecule has 1 N–H and O–H groups in total. The predicted molar refractivity (Wildman–Crippen MR) is 95.2 cm³/mol. The largest absolute Gasteiger partial charge is 0.314 e. The molecule has 0 amide bonds. The lowest BCUT2D eigenvalue weighted by Crippen LogP contribution is -2.25. The zero-order valence-electron chi connectivity index (χ0n) is 13.6. The summed E-state index contributed by atoms with van der Waals surface area (Å²) >= 11 is 6.05. The van der Waals surface area contributed by atoms with Crippen LogP contribution in [0.3, 0.4) is 0 Å². The second-order valence-corrected chi connectivity index (χ2v) is 6.26. The molecule has 0 unspecified atom stereocenters. The van der Waals surface area contributed by atoms with Crippen LogP contribution in [0.25, 0.3) is 11.3 Å². The average molecular weight is 340 g/mol. The van der Waals surface area contributed by atoms with E-state index in [9.17, 15) is 4.79 Å². The molecule has 0 saturated heterocycles. The maximum Gasteiger partial charge on any atom is 0.202 e. The van der Waals surface area contributed by atoms with E-state index in [4.69, 9.17) is 17.0 Å². The number of Topliss-reactive ketones (excluding diaryl/α,β-unsaturated/α-hetero) is 1. The molecule has 3 rings (SSSR count). The number of aromatic nitrogens is 2. The van der Waals surface area contributed by atoms with Gasteiger partial charge in [-0.2, -0.15) is 0 Å². The zero-order valence-corrected chi connectivity index (χ0v) is 14.3. The molecule has 0 fully saturated rings. The molecule has 0 aliphatic carbocycles. The van der Waals surface area contributed by atoms with E-state index in [-0.39, 0.29) is 17.9 Å². The van der Waals surface area contributed by atoms with Gasteiger partial charge in [0.15, 0.2) is 5.78 Å². The summed E-state index contributed by atoms with van der Waals surface area (Å²) < 4.78 is 3.40. The number of halogens is 1. The van der Waals surface area contributed by atoms with Crippen molar-refractivity contribution >= 4 is 17.4 Å². The van der Waals surface area contributed by atoms with E-state index in [1.807, 2.05) is 68.7 Å². The van der Waals surface area contributed by atoms with Crippen LogP contribution in [0.4, 0.5) is 0 Å². The van der Waals surface area contributed by atoms with Gasteiger partial charge in [0, 0.05) is 29.4 Å². The molecular formula is C19H18ClN3O. The molecule has 3 aromatic rings. The lowest BCUT2D eigenvalue weighted by Gasteiger charge is -2.03. The fourth-order valence-electron chi connectivity index (χ4n) is 2.62. The highest BCUT2D eigenvalue weighted by molar-refractivity contribution is 6.30. The van der Waals surface area contributed by atoms with E-state index in [0.29, 0.717) is 10.6 Å². The van der Waals surface area contributed by atoms with Crippen LogP contribution >= 0.6 is 11.6 Å². The zero-order chi connectivity index (χ0) is 17.3. The SMILES string of the molecule is Cc1ccc(C(=O)Cn2cc(-c3cccc(Cl)c3)n(C)c2=N)cc1. The topological polar surface area (TPSA) is 50.8 Å². The maximum absolute atomic E-state index is 12.5. The first-order chi connectivity index (χ1) is 11.5. The molecule has 24 heavy (non-hydrogen) atoms. The maximum atomic E-state index is 12.5. The number of nitrogens with zero attached hydrogens (tertiary/aromatic N) is 2. The average Bonchev–Trinajstić information content (AvgIpc) is 2.84. The van der Waals surface area contributed by atoms with Crippen LogP contribution in [-0.2, 0) is 13.6 Å². The minimum Gasteiger partial charge on any atom is -0.314 e. The lowest BCUT2D eigenvalue weighted by molar-refractivity contribution is 0.0970. The number of hydrogen-bond acceptors (Lipinski definition) is 2. The number of nitrogens with one attached hydrogen (secondary N) is 1. The first-order valence-electron chi connectivity index (χ1n) is 7.62. The summed E-state index contributed by atoms with van der Waals surface area (Å²) in [6, 6.07) is 14.9. The predicted octanol–water partition coefficient (Wildman–Crippen LogP) is 3.82. The Morgan fingerprint density at radius 2 is 1.88 bits per heavy atom. The van der Waals surface area contributed by atoms with Gasteiger partial charge in [-0.1, -0.05) is 53.6 Å². The number of carbonyl (C=O) groups excluding carboxylic acids is 1. The molecule has 0 spiro atoms. The number of hydrogen-bond donors (Lipinski definition) is 1. The summed E-state index contributed by atoms with van der Waals surface area (Å²) in [6.07, 6.45) is 1.82. The molecular weight excluding hydrogens is 322 g/mol. The van der Waals surface area contributed by atoms with Gasteiger partial charge in [0.1, 0.15) is 0 Å². The quantitative estimate of drug-likeness (QED) is 0.722.